The van der Waals surface area contributed by atoms with Gasteiger partial charge in [0.2, 0.25) is 0 Å². The fourth-order valence-corrected chi connectivity index (χ4v) is 2.80. The molecule has 0 heterocycles. The van der Waals surface area contributed by atoms with E-state index >= 15 is 0 Å². The Morgan fingerprint density at radius 1 is 1.24 bits per heavy atom. The Balaban J connectivity index is 2.76. The highest BCUT2D eigenvalue weighted by Crippen LogP contribution is 2.33. The molecule has 1 aromatic rings. The molecule has 0 bridgehead atoms. The van der Waals surface area contributed by atoms with Crippen LogP contribution in [0.3, 0.4) is 0 Å². The van der Waals surface area contributed by atoms with E-state index in [4.69, 9.17) is 17.3 Å². The normalized spacial score (nSPS) is 15.0. The van der Waals surface area contributed by atoms with E-state index < -0.39 is 0 Å². The summed E-state index contributed by atoms with van der Waals surface area (Å²) in [7, 11) is 0. The molecular weight excluding hydrogens is 250 g/mol. The maximum absolute atomic E-state index is 6.30. The topological polar surface area (TPSA) is 26.0 Å². The van der Waals surface area contributed by atoms with Gasteiger partial charge >= 0.3 is 0 Å². The van der Waals surface area contributed by atoms with E-state index in [9.17, 15) is 0 Å². The number of thioether (sulfide) groups is 1. The zero-order valence-corrected chi connectivity index (χ0v) is 12.6. The van der Waals surface area contributed by atoms with Crippen LogP contribution >= 0.6 is 23.4 Å². The van der Waals surface area contributed by atoms with Gasteiger partial charge in [-0.05, 0) is 37.0 Å². The van der Waals surface area contributed by atoms with Crippen LogP contribution in [0.1, 0.15) is 33.3 Å². The Morgan fingerprint density at radius 2 is 1.88 bits per heavy atom. The van der Waals surface area contributed by atoms with Gasteiger partial charge in [0, 0.05) is 16.2 Å². The first-order valence-electron chi connectivity index (χ1n) is 6.10. The van der Waals surface area contributed by atoms with Crippen molar-refractivity contribution in [3.63, 3.8) is 0 Å². The molecule has 0 fully saturated rings. The molecule has 2 unspecified atom stereocenters. The van der Waals surface area contributed by atoms with Crippen molar-refractivity contribution in [2.45, 2.75) is 50.3 Å². The summed E-state index contributed by atoms with van der Waals surface area (Å²) in [4.78, 5) is 1.17. The maximum Gasteiger partial charge on any atom is 0.0544 e. The summed E-state index contributed by atoms with van der Waals surface area (Å²) in [5.41, 5.74) is 7.00. The van der Waals surface area contributed by atoms with E-state index in [1.54, 1.807) is 0 Å². The first-order chi connectivity index (χ1) is 7.90. The van der Waals surface area contributed by atoms with E-state index in [-0.39, 0.29) is 6.04 Å². The Labute approximate surface area is 114 Å². The van der Waals surface area contributed by atoms with Crippen LogP contribution in [0.15, 0.2) is 23.1 Å². The van der Waals surface area contributed by atoms with Crippen LogP contribution in [0.25, 0.3) is 0 Å². The monoisotopic (exact) mass is 271 g/mol. The third-order valence-corrected chi connectivity index (χ3v) is 4.76. The van der Waals surface area contributed by atoms with Crippen LogP contribution in [-0.2, 0) is 6.42 Å². The second kappa shape index (κ2) is 6.67. The number of nitrogens with two attached hydrogens (primary N) is 1. The Kier molecular flexibility index (Phi) is 5.84. The summed E-state index contributed by atoms with van der Waals surface area (Å²) in [6.07, 6.45) is 0.879. The van der Waals surface area contributed by atoms with Crippen molar-refractivity contribution in [3.05, 3.63) is 28.8 Å². The molecule has 3 heteroatoms. The fourth-order valence-electron chi connectivity index (χ4n) is 1.48. The molecule has 0 aliphatic carbocycles. The molecule has 1 rings (SSSR count). The highest BCUT2D eigenvalue weighted by atomic mass is 35.5. The van der Waals surface area contributed by atoms with Gasteiger partial charge in [-0.3, -0.25) is 0 Å². The molecule has 0 amide bonds. The van der Waals surface area contributed by atoms with Crippen molar-refractivity contribution in [1.82, 2.24) is 0 Å². The number of benzene rings is 1. The molecular formula is C14H22ClNS. The average molecular weight is 272 g/mol. The molecule has 17 heavy (non-hydrogen) atoms. The lowest BCUT2D eigenvalue weighted by Gasteiger charge is -2.16. The molecule has 96 valence electrons. The minimum atomic E-state index is 0.180. The van der Waals surface area contributed by atoms with Crippen LogP contribution in [0.5, 0.6) is 0 Å². The van der Waals surface area contributed by atoms with Crippen molar-refractivity contribution in [1.29, 1.82) is 0 Å². The minimum absolute atomic E-state index is 0.180. The zero-order valence-electron chi connectivity index (χ0n) is 11.0. The molecule has 0 radical (unpaired) electrons. The molecule has 0 aliphatic rings. The van der Waals surface area contributed by atoms with Gasteiger partial charge in [0.05, 0.1) is 5.02 Å². The van der Waals surface area contributed by atoms with Gasteiger partial charge in [-0.1, -0.05) is 38.4 Å². The van der Waals surface area contributed by atoms with Gasteiger partial charge in [0.15, 0.2) is 0 Å². The quantitative estimate of drug-likeness (QED) is 0.805. The zero-order chi connectivity index (χ0) is 13.0. The van der Waals surface area contributed by atoms with Crippen LogP contribution in [0.4, 0.5) is 0 Å². The molecule has 0 spiro atoms. The van der Waals surface area contributed by atoms with E-state index in [0.717, 1.165) is 11.4 Å². The Bertz CT molecular complexity index is 363. The fraction of sp³-hybridized carbons (Fsp3) is 0.571. The number of hydrogen-bond acceptors (Lipinski definition) is 2. The van der Waals surface area contributed by atoms with Crippen LogP contribution in [0, 0.1) is 5.92 Å². The van der Waals surface area contributed by atoms with E-state index in [0.29, 0.717) is 11.2 Å². The molecule has 0 aliphatic heterocycles. The molecule has 1 aromatic carbocycles. The van der Waals surface area contributed by atoms with Gasteiger partial charge in [-0.25, -0.2) is 0 Å². The van der Waals surface area contributed by atoms with Crippen molar-refractivity contribution in [2.24, 2.45) is 11.7 Å². The molecule has 2 atom stereocenters. The largest absolute Gasteiger partial charge is 0.328 e. The summed E-state index contributed by atoms with van der Waals surface area (Å²) in [6.45, 7) is 8.71. The highest BCUT2D eigenvalue weighted by molar-refractivity contribution is 8.00. The van der Waals surface area contributed by atoms with Gasteiger partial charge in [-0.15, -0.1) is 11.8 Å². The Morgan fingerprint density at radius 3 is 2.35 bits per heavy atom. The molecule has 0 saturated carbocycles. The Hall–Kier alpha value is -0.180. The van der Waals surface area contributed by atoms with Crippen LogP contribution in [0.2, 0.25) is 5.02 Å². The van der Waals surface area contributed by atoms with Crippen molar-refractivity contribution in [3.8, 4) is 0 Å². The summed E-state index contributed by atoms with van der Waals surface area (Å²) in [5, 5.41) is 1.42. The number of rotatable bonds is 5. The van der Waals surface area contributed by atoms with Crippen molar-refractivity contribution < 1.29 is 0 Å². The first-order valence-corrected chi connectivity index (χ1v) is 7.36. The second-order valence-electron chi connectivity index (χ2n) is 5.01. The predicted molar refractivity (Wildman–Crippen MR) is 79.0 cm³/mol. The first kappa shape index (κ1) is 14.9. The summed E-state index contributed by atoms with van der Waals surface area (Å²) in [5.74, 6) is 0.653. The van der Waals surface area contributed by atoms with E-state index in [1.807, 2.05) is 24.8 Å². The predicted octanol–water partition coefficient (Wildman–Crippen LogP) is 4.37. The van der Waals surface area contributed by atoms with Gasteiger partial charge in [-0.2, -0.15) is 0 Å². The molecule has 2 N–H and O–H groups in total. The van der Waals surface area contributed by atoms with E-state index in [2.05, 4.69) is 32.9 Å². The second-order valence-corrected chi connectivity index (χ2v) is 6.84. The van der Waals surface area contributed by atoms with Gasteiger partial charge in [0.1, 0.15) is 0 Å². The van der Waals surface area contributed by atoms with Crippen LogP contribution in [-0.4, -0.2) is 11.3 Å². The lowest BCUT2D eigenvalue weighted by molar-refractivity contribution is 0.642. The van der Waals surface area contributed by atoms with Crippen molar-refractivity contribution in [2.75, 3.05) is 0 Å². The SMILES string of the molecule is CC(N)Cc1ccc(SC(C)C(C)C)c(Cl)c1. The summed E-state index contributed by atoms with van der Waals surface area (Å²) in [6, 6.07) is 6.47. The number of hydrogen-bond donors (Lipinski definition) is 1. The standard InChI is InChI=1S/C14H22ClNS/c1-9(2)11(4)17-14-6-5-12(7-10(3)16)8-13(14)15/h5-6,8-11H,7,16H2,1-4H3. The maximum atomic E-state index is 6.30. The number of halogens is 1. The smallest absolute Gasteiger partial charge is 0.0544 e. The minimum Gasteiger partial charge on any atom is -0.328 e. The molecule has 0 aromatic heterocycles. The van der Waals surface area contributed by atoms with Gasteiger partial charge in [0.25, 0.3) is 0 Å². The highest BCUT2D eigenvalue weighted by Gasteiger charge is 2.11. The van der Waals surface area contributed by atoms with E-state index in [1.165, 1.54) is 10.5 Å². The van der Waals surface area contributed by atoms with Crippen LogP contribution < -0.4 is 5.73 Å². The third kappa shape index (κ3) is 4.90. The summed E-state index contributed by atoms with van der Waals surface area (Å²) < 4.78 is 0. The average Bonchev–Trinajstić information content (AvgIpc) is 2.20. The summed E-state index contributed by atoms with van der Waals surface area (Å²) >= 11 is 8.14. The molecule has 1 nitrogen and oxygen atoms in total. The lowest BCUT2D eigenvalue weighted by Crippen LogP contribution is -2.17. The lowest BCUT2D eigenvalue weighted by atomic mass is 10.1. The van der Waals surface area contributed by atoms with Gasteiger partial charge < -0.3 is 5.73 Å². The third-order valence-electron chi connectivity index (χ3n) is 2.81. The molecule has 0 saturated heterocycles. The van der Waals surface area contributed by atoms with Crippen molar-refractivity contribution >= 4 is 23.4 Å².